The lowest BCUT2D eigenvalue weighted by Gasteiger charge is -2.17. The number of imidazole rings is 1. The highest BCUT2D eigenvalue weighted by molar-refractivity contribution is 6.09. The Hall–Kier alpha value is -3.35. The van der Waals surface area contributed by atoms with Crippen LogP contribution in [0.15, 0.2) is 48.7 Å². The third kappa shape index (κ3) is 3.62. The van der Waals surface area contributed by atoms with Crippen LogP contribution in [-0.4, -0.2) is 46.3 Å². The van der Waals surface area contributed by atoms with E-state index in [0.29, 0.717) is 30.0 Å². The molecule has 0 radical (unpaired) electrons. The summed E-state index contributed by atoms with van der Waals surface area (Å²) < 4.78 is 6.83. The average Bonchev–Trinajstić information content (AvgIpc) is 3.09. The van der Waals surface area contributed by atoms with Crippen molar-refractivity contribution in [3.05, 3.63) is 60.2 Å². The van der Waals surface area contributed by atoms with Gasteiger partial charge in [-0.25, -0.2) is 4.98 Å². The smallest absolute Gasteiger partial charge is 0.290 e. The van der Waals surface area contributed by atoms with Gasteiger partial charge in [-0.1, -0.05) is 12.1 Å². The minimum Gasteiger partial charge on any atom is -0.497 e. The number of methoxy groups -OCH3 is 1. The first-order valence-corrected chi connectivity index (χ1v) is 8.80. The largest absolute Gasteiger partial charge is 0.497 e. The van der Waals surface area contributed by atoms with Crippen LogP contribution in [0.4, 0.5) is 5.69 Å². The summed E-state index contributed by atoms with van der Waals surface area (Å²) in [5.74, 6) is 0.275. The number of amides is 2. The number of fused-ring (bicyclic) bond motifs is 1. The molecule has 0 atom stereocenters. The number of rotatable bonds is 6. The molecule has 2 amide bonds. The number of hydrogen-bond acceptors (Lipinski definition) is 4. The lowest BCUT2D eigenvalue weighted by molar-refractivity contribution is 0.0760. The van der Waals surface area contributed by atoms with Crippen LogP contribution in [0.5, 0.6) is 5.75 Å². The van der Waals surface area contributed by atoms with E-state index in [1.165, 1.54) is 0 Å². The normalized spacial score (nSPS) is 10.6. The van der Waals surface area contributed by atoms with Gasteiger partial charge in [0.15, 0.2) is 5.69 Å². The Kier molecular flexibility index (Phi) is 5.40. The summed E-state index contributed by atoms with van der Waals surface area (Å²) in [6, 6.07) is 12.4. The molecule has 0 bridgehead atoms. The van der Waals surface area contributed by atoms with Crippen molar-refractivity contribution >= 4 is 23.0 Å². The first-order chi connectivity index (χ1) is 13.1. The topological polar surface area (TPSA) is 75.9 Å². The molecule has 140 valence electrons. The van der Waals surface area contributed by atoms with E-state index >= 15 is 0 Å². The van der Waals surface area contributed by atoms with Crippen molar-refractivity contribution in [1.82, 2.24) is 14.3 Å². The van der Waals surface area contributed by atoms with Crippen LogP contribution in [-0.2, 0) is 0 Å². The Morgan fingerprint density at radius 3 is 2.63 bits per heavy atom. The number of pyridine rings is 1. The predicted molar refractivity (Wildman–Crippen MR) is 103 cm³/mol. The molecule has 27 heavy (non-hydrogen) atoms. The molecule has 7 heteroatoms. The van der Waals surface area contributed by atoms with Crippen LogP contribution in [0, 0.1) is 0 Å². The highest BCUT2D eigenvalue weighted by Gasteiger charge is 2.24. The number of carbonyl (C=O) groups excluding carboxylic acids is 2. The third-order valence-electron chi connectivity index (χ3n) is 4.33. The molecule has 1 N–H and O–H groups in total. The Morgan fingerprint density at radius 2 is 1.93 bits per heavy atom. The van der Waals surface area contributed by atoms with Gasteiger partial charge in [0.1, 0.15) is 5.75 Å². The molecule has 3 rings (SSSR count). The molecule has 0 spiro atoms. The second-order valence-electron chi connectivity index (χ2n) is 5.90. The zero-order valence-corrected chi connectivity index (χ0v) is 15.6. The molecule has 0 saturated heterocycles. The lowest BCUT2D eigenvalue weighted by Crippen LogP contribution is -2.32. The zero-order valence-electron chi connectivity index (χ0n) is 15.6. The van der Waals surface area contributed by atoms with Crippen LogP contribution in [0.2, 0.25) is 0 Å². The maximum Gasteiger partial charge on any atom is 0.290 e. The van der Waals surface area contributed by atoms with Gasteiger partial charge in [-0.3, -0.25) is 14.0 Å². The molecule has 2 aromatic heterocycles. The van der Waals surface area contributed by atoms with E-state index in [2.05, 4.69) is 10.3 Å². The molecule has 0 aliphatic carbocycles. The van der Waals surface area contributed by atoms with Gasteiger partial charge in [0.2, 0.25) is 5.82 Å². The molecular weight excluding hydrogens is 344 g/mol. The van der Waals surface area contributed by atoms with Crippen LogP contribution in [0.3, 0.4) is 0 Å². The quantitative estimate of drug-likeness (QED) is 0.727. The summed E-state index contributed by atoms with van der Waals surface area (Å²) in [5, 5.41) is 2.81. The first kappa shape index (κ1) is 18.4. The number of nitrogens with zero attached hydrogens (tertiary/aromatic N) is 3. The van der Waals surface area contributed by atoms with E-state index in [0.717, 1.165) is 0 Å². The van der Waals surface area contributed by atoms with Gasteiger partial charge in [-0.2, -0.15) is 0 Å². The van der Waals surface area contributed by atoms with E-state index in [-0.39, 0.29) is 23.3 Å². The molecular formula is C20H22N4O3. The minimum absolute atomic E-state index is 0.203. The second kappa shape index (κ2) is 7.90. The highest BCUT2D eigenvalue weighted by Crippen LogP contribution is 2.20. The molecule has 0 aliphatic heterocycles. The molecule has 3 aromatic rings. The van der Waals surface area contributed by atoms with Gasteiger partial charge in [-0.15, -0.1) is 0 Å². The number of carbonyl (C=O) groups is 2. The summed E-state index contributed by atoms with van der Waals surface area (Å²) in [4.78, 5) is 31.7. The summed E-state index contributed by atoms with van der Waals surface area (Å²) in [7, 11) is 1.56. The standard InChI is InChI=1S/C20H22N4O3/c1-4-23(5-2)20(26)18-22-17(16-11-6-7-12-24(16)18)19(25)21-14-9-8-10-15(13-14)27-3/h6-13H,4-5H2,1-3H3,(H,21,25). The van der Waals surface area contributed by atoms with Gasteiger partial charge < -0.3 is 15.0 Å². The van der Waals surface area contributed by atoms with Gasteiger partial charge in [-0.05, 0) is 38.1 Å². The second-order valence-corrected chi connectivity index (χ2v) is 5.90. The molecule has 1 aromatic carbocycles. The predicted octanol–water partition coefficient (Wildman–Crippen LogP) is 3.08. The average molecular weight is 366 g/mol. The van der Waals surface area contributed by atoms with Gasteiger partial charge in [0.25, 0.3) is 11.8 Å². The van der Waals surface area contributed by atoms with Gasteiger partial charge in [0.05, 0.1) is 12.6 Å². The van der Waals surface area contributed by atoms with E-state index in [9.17, 15) is 9.59 Å². The Bertz CT molecular complexity index is 976. The van der Waals surface area contributed by atoms with Crippen molar-refractivity contribution in [1.29, 1.82) is 0 Å². The fourth-order valence-electron chi connectivity index (χ4n) is 2.90. The van der Waals surface area contributed by atoms with E-state index in [1.54, 1.807) is 59.0 Å². The monoisotopic (exact) mass is 366 g/mol. The SMILES string of the molecule is CCN(CC)C(=O)c1nc(C(=O)Nc2cccc(OC)c2)c2ccccn12. The molecule has 2 heterocycles. The molecule has 7 nitrogen and oxygen atoms in total. The van der Waals surface area contributed by atoms with Gasteiger partial charge in [0, 0.05) is 31.0 Å². The minimum atomic E-state index is -0.384. The van der Waals surface area contributed by atoms with Gasteiger partial charge >= 0.3 is 0 Å². The molecule has 0 fully saturated rings. The fourth-order valence-corrected chi connectivity index (χ4v) is 2.90. The Morgan fingerprint density at radius 1 is 1.15 bits per heavy atom. The van der Waals surface area contributed by atoms with Crippen molar-refractivity contribution in [2.45, 2.75) is 13.8 Å². The zero-order chi connectivity index (χ0) is 19.4. The lowest BCUT2D eigenvalue weighted by atomic mass is 10.2. The maximum atomic E-state index is 12.8. The summed E-state index contributed by atoms with van der Waals surface area (Å²) >= 11 is 0. The third-order valence-corrected chi connectivity index (χ3v) is 4.33. The maximum absolute atomic E-state index is 12.8. The summed E-state index contributed by atoms with van der Waals surface area (Å²) in [6.45, 7) is 4.96. The fraction of sp³-hybridized carbons (Fsp3) is 0.250. The number of anilines is 1. The number of ether oxygens (including phenoxy) is 1. The van der Waals surface area contributed by atoms with Crippen LogP contribution in [0.25, 0.3) is 5.52 Å². The van der Waals surface area contributed by atoms with E-state index in [4.69, 9.17) is 4.74 Å². The number of hydrogen-bond donors (Lipinski definition) is 1. The van der Waals surface area contributed by atoms with Crippen molar-refractivity contribution in [2.75, 3.05) is 25.5 Å². The van der Waals surface area contributed by atoms with Crippen molar-refractivity contribution in [3.63, 3.8) is 0 Å². The molecule has 0 aliphatic rings. The van der Waals surface area contributed by atoms with Crippen molar-refractivity contribution < 1.29 is 14.3 Å². The summed E-state index contributed by atoms with van der Waals surface area (Å²) in [6.07, 6.45) is 1.74. The van der Waals surface area contributed by atoms with E-state index in [1.807, 2.05) is 19.9 Å². The van der Waals surface area contributed by atoms with Crippen molar-refractivity contribution in [3.8, 4) is 5.75 Å². The number of nitrogens with one attached hydrogen (secondary N) is 1. The van der Waals surface area contributed by atoms with Crippen molar-refractivity contribution in [2.24, 2.45) is 0 Å². The molecule has 0 unspecified atom stereocenters. The Labute approximate surface area is 157 Å². The van der Waals surface area contributed by atoms with Crippen LogP contribution in [0.1, 0.15) is 35.0 Å². The van der Waals surface area contributed by atoms with E-state index < -0.39 is 0 Å². The van der Waals surface area contributed by atoms with Crippen LogP contribution >= 0.6 is 0 Å². The highest BCUT2D eigenvalue weighted by atomic mass is 16.5. The van der Waals surface area contributed by atoms with Crippen LogP contribution < -0.4 is 10.1 Å². The molecule has 0 saturated carbocycles. The number of benzene rings is 1. The summed E-state index contributed by atoms with van der Waals surface area (Å²) in [5.41, 5.74) is 1.37. The number of aromatic nitrogens is 2. The first-order valence-electron chi connectivity index (χ1n) is 8.80. The Balaban J connectivity index is 1.99.